The second-order valence-corrected chi connectivity index (χ2v) is 8.76. The van der Waals surface area contributed by atoms with Crippen LogP contribution in [0.5, 0.6) is 11.5 Å². The standard InChI is InChI=1S/C27H27F3N2O3/c1-18(21-16-32(17-21)13-2-3-14-33)31-26(34)20-7-12-24-19(15-20)5-4-6-25(24)35-23-10-8-22(9-11-23)27(28,29)30/h4-12,15,21,33H,2-3,13-14,16-17H2,1H3/b31-18+. The summed E-state index contributed by atoms with van der Waals surface area (Å²) in [5.74, 6) is 0.725. The van der Waals surface area contributed by atoms with Crippen molar-refractivity contribution in [3.8, 4) is 11.5 Å². The predicted molar refractivity (Wildman–Crippen MR) is 129 cm³/mol. The van der Waals surface area contributed by atoms with Gasteiger partial charge in [0, 0.05) is 42.3 Å². The van der Waals surface area contributed by atoms with Gasteiger partial charge in [-0.15, -0.1) is 0 Å². The average Bonchev–Trinajstić information content (AvgIpc) is 2.80. The van der Waals surface area contributed by atoms with E-state index < -0.39 is 11.7 Å². The summed E-state index contributed by atoms with van der Waals surface area (Å²) in [5.41, 5.74) is 0.536. The maximum absolute atomic E-state index is 12.8. The van der Waals surface area contributed by atoms with E-state index in [0.717, 1.165) is 61.1 Å². The minimum atomic E-state index is -4.40. The van der Waals surface area contributed by atoms with Gasteiger partial charge in [-0.2, -0.15) is 13.2 Å². The third-order valence-electron chi connectivity index (χ3n) is 6.21. The summed E-state index contributed by atoms with van der Waals surface area (Å²) in [6.45, 7) is 4.78. The fourth-order valence-corrected chi connectivity index (χ4v) is 4.09. The molecule has 0 unspecified atom stereocenters. The summed E-state index contributed by atoms with van der Waals surface area (Å²) in [4.78, 5) is 19.4. The Morgan fingerprint density at radius 2 is 1.83 bits per heavy atom. The second kappa shape index (κ2) is 10.6. The Morgan fingerprint density at radius 1 is 1.09 bits per heavy atom. The molecule has 3 aromatic rings. The first-order valence-electron chi connectivity index (χ1n) is 11.6. The minimum Gasteiger partial charge on any atom is -0.457 e. The topological polar surface area (TPSA) is 62.1 Å². The Labute approximate surface area is 201 Å². The van der Waals surface area contributed by atoms with Crippen LogP contribution < -0.4 is 4.74 Å². The summed E-state index contributed by atoms with van der Waals surface area (Å²) in [5, 5.41) is 10.4. The van der Waals surface area contributed by atoms with E-state index in [2.05, 4.69) is 9.89 Å². The van der Waals surface area contributed by atoms with Crippen molar-refractivity contribution in [2.45, 2.75) is 25.9 Å². The molecular weight excluding hydrogens is 457 g/mol. The van der Waals surface area contributed by atoms with Crippen molar-refractivity contribution >= 4 is 22.4 Å². The van der Waals surface area contributed by atoms with E-state index in [9.17, 15) is 18.0 Å². The predicted octanol–water partition coefficient (Wildman–Crippen LogP) is 5.96. The maximum Gasteiger partial charge on any atom is 0.416 e. The highest BCUT2D eigenvalue weighted by molar-refractivity contribution is 6.06. The van der Waals surface area contributed by atoms with Crippen LogP contribution in [-0.2, 0) is 6.18 Å². The zero-order valence-electron chi connectivity index (χ0n) is 19.4. The molecular formula is C27H27F3N2O3. The summed E-state index contributed by atoms with van der Waals surface area (Å²) in [6.07, 6.45) is -2.65. The molecule has 1 N–H and O–H groups in total. The van der Waals surface area contributed by atoms with Crippen molar-refractivity contribution < 1.29 is 27.8 Å². The monoisotopic (exact) mass is 484 g/mol. The Morgan fingerprint density at radius 3 is 2.51 bits per heavy atom. The van der Waals surface area contributed by atoms with Crippen molar-refractivity contribution in [3.63, 3.8) is 0 Å². The number of unbranched alkanes of at least 4 members (excludes halogenated alkanes) is 1. The van der Waals surface area contributed by atoms with Gasteiger partial charge in [0.05, 0.1) is 5.56 Å². The number of rotatable bonds is 8. The molecule has 0 bridgehead atoms. The van der Waals surface area contributed by atoms with E-state index in [1.54, 1.807) is 30.3 Å². The van der Waals surface area contributed by atoms with Crippen molar-refractivity contribution in [2.75, 3.05) is 26.2 Å². The molecule has 3 aromatic carbocycles. The fourth-order valence-electron chi connectivity index (χ4n) is 4.09. The summed E-state index contributed by atoms with van der Waals surface area (Å²) in [6, 6.07) is 15.1. The largest absolute Gasteiger partial charge is 0.457 e. The fraction of sp³-hybridized carbons (Fsp3) is 0.333. The number of carbonyl (C=O) groups is 1. The lowest BCUT2D eigenvalue weighted by atomic mass is 9.95. The Hall–Kier alpha value is -3.23. The molecule has 0 spiro atoms. The number of fused-ring (bicyclic) bond motifs is 1. The molecule has 8 heteroatoms. The molecule has 184 valence electrons. The molecule has 0 atom stereocenters. The van der Waals surface area contributed by atoms with Crippen LogP contribution in [0.4, 0.5) is 13.2 Å². The zero-order valence-corrected chi connectivity index (χ0v) is 19.4. The molecule has 0 radical (unpaired) electrons. The Kier molecular flexibility index (Phi) is 7.52. The second-order valence-electron chi connectivity index (χ2n) is 8.76. The van der Waals surface area contributed by atoms with Gasteiger partial charge in [-0.1, -0.05) is 12.1 Å². The van der Waals surface area contributed by atoms with Crippen LogP contribution >= 0.6 is 0 Å². The third-order valence-corrected chi connectivity index (χ3v) is 6.21. The lowest BCUT2D eigenvalue weighted by Gasteiger charge is -2.39. The van der Waals surface area contributed by atoms with Gasteiger partial charge >= 0.3 is 6.18 Å². The van der Waals surface area contributed by atoms with Gasteiger partial charge in [-0.25, -0.2) is 4.99 Å². The van der Waals surface area contributed by atoms with Crippen LogP contribution in [0.25, 0.3) is 10.8 Å². The smallest absolute Gasteiger partial charge is 0.416 e. The molecule has 0 aliphatic carbocycles. The first kappa shape index (κ1) is 24.9. The van der Waals surface area contributed by atoms with E-state index in [0.29, 0.717) is 11.3 Å². The van der Waals surface area contributed by atoms with Gasteiger partial charge in [-0.05, 0) is 80.2 Å². The summed E-state index contributed by atoms with van der Waals surface area (Å²) < 4.78 is 44.2. The van der Waals surface area contributed by atoms with Gasteiger partial charge < -0.3 is 14.7 Å². The van der Waals surface area contributed by atoms with Crippen LogP contribution in [0.3, 0.4) is 0 Å². The van der Waals surface area contributed by atoms with Crippen molar-refractivity contribution in [1.82, 2.24) is 4.90 Å². The number of aliphatic hydroxyl groups is 1. The number of hydrogen-bond acceptors (Lipinski definition) is 4. The average molecular weight is 485 g/mol. The van der Waals surface area contributed by atoms with Crippen LogP contribution in [0.1, 0.15) is 35.7 Å². The molecule has 1 amide bonds. The number of ether oxygens (including phenoxy) is 1. The van der Waals surface area contributed by atoms with Gasteiger partial charge in [0.1, 0.15) is 11.5 Å². The van der Waals surface area contributed by atoms with E-state index in [1.807, 2.05) is 13.0 Å². The number of amides is 1. The summed E-state index contributed by atoms with van der Waals surface area (Å²) >= 11 is 0. The van der Waals surface area contributed by atoms with E-state index in [1.165, 1.54) is 12.1 Å². The highest BCUT2D eigenvalue weighted by Crippen LogP contribution is 2.34. The zero-order chi connectivity index (χ0) is 25.0. The highest BCUT2D eigenvalue weighted by atomic mass is 19.4. The van der Waals surface area contributed by atoms with Crippen LogP contribution in [0, 0.1) is 5.92 Å². The molecule has 1 aliphatic rings. The number of carbonyl (C=O) groups excluding carboxylic acids is 1. The Bertz CT molecular complexity index is 1220. The number of halogens is 3. The van der Waals surface area contributed by atoms with E-state index in [4.69, 9.17) is 9.84 Å². The van der Waals surface area contributed by atoms with Gasteiger partial charge in [0.2, 0.25) is 0 Å². The van der Waals surface area contributed by atoms with E-state index >= 15 is 0 Å². The molecule has 1 saturated heterocycles. The number of hydrogen-bond donors (Lipinski definition) is 1. The van der Waals surface area contributed by atoms with Gasteiger partial charge in [0.15, 0.2) is 0 Å². The van der Waals surface area contributed by atoms with Crippen LogP contribution in [0.15, 0.2) is 65.7 Å². The summed E-state index contributed by atoms with van der Waals surface area (Å²) in [7, 11) is 0. The van der Waals surface area contributed by atoms with E-state index in [-0.39, 0.29) is 24.2 Å². The van der Waals surface area contributed by atoms with Gasteiger partial charge in [0.25, 0.3) is 5.91 Å². The van der Waals surface area contributed by atoms with Crippen LogP contribution in [0.2, 0.25) is 0 Å². The number of alkyl halides is 3. The molecule has 1 heterocycles. The number of nitrogens with zero attached hydrogens (tertiary/aromatic N) is 2. The molecule has 0 saturated carbocycles. The molecule has 0 aromatic heterocycles. The minimum absolute atomic E-state index is 0.209. The third kappa shape index (κ3) is 6.07. The number of aliphatic imine (C=N–C) groups is 1. The molecule has 35 heavy (non-hydrogen) atoms. The SMILES string of the molecule is C/C(=N\C(=O)c1ccc2c(Oc3ccc(C(F)(F)F)cc3)cccc2c1)C1CN(CCCCO)C1. The molecule has 4 rings (SSSR count). The lowest BCUT2D eigenvalue weighted by Crippen LogP contribution is -2.50. The quantitative estimate of drug-likeness (QED) is 0.317. The molecule has 1 aliphatic heterocycles. The first-order chi connectivity index (χ1) is 16.7. The lowest BCUT2D eigenvalue weighted by molar-refractivity contribution is -0.137. The number of benzene rings is 3. The maximum atomic E-state index is 12.8. The Balaban J connectivity index is 1.44. The molecule has 1 fully saturated rings. The van der Waals surface area contributed by atoms with Crippen molar-refractivity contribution in [1.29, 1.82) is 0 Å². The van der Waals surface area contributed by atoms with Gasteiger partial charge in [-0.3, -0.25) is 4.79 Å². The normalized spacial score (nSPS) is 15.3. The molecule has 5 nitrogen and oxygen atoms in total. The van der Waals surface area contributed by atoms with Crippen LogP contribution in [-0.4, -0.2) is 47.9 Å². The van der Waals surface area contributed by atoms with Crippen molar-refractivity contribution in [3.05, 3.63) is 71.8 Å². The van der Waals surface area contributed by atoms with Crippen molar-refractivity contribution in [2.24, 2.45) is 10.9 Å². The number of likely N-dealkylation sites (tertiary alicyclic amines) is 1. The highest BCUT2D eigenvalue weighted by Gasteiger charge is 2.30. The number of aliphatic hydroxyl groups excluding tert-OH is 1. The first-order valence-corrected chi connectivity index (χ1v) is 11.6.